The maximum Gasteiger partial charge on any atom is 0.269 e. The van der Waals surface area contributed by atoms with Gasteiger partial charge in [0, 0.05) is 24.2 Å². The van der Waals surface area contributed by atoms with Crippen LogP contribution in [0.5, 0.6) is 0 Å². The van der Waals surface area contributed by atoms with Crippen molar-refractivity contribution in [2.75, 3.05) is 13.1 Å². The second-order valence-corrected chi connectivity index (χ2v) is 8.66. The van der Waals surface area contributed by atoms with Gasteiger partial charge in [0.1, 0.15) is 11.2 Å². The molecule has 1 saturated heterocycles. The molecule has 1 fully saturated rings. The predicted octanol–water partition coefficient (Wildman–Crippen LogP) is 3.58. The van der Waals surface area contributed by atoms with Gasteiger partial charge in [0.25, 0.3) is 5.56 Å². The number of aryl methyl sites for hydroxylation is 2. The SMILES string of the molecule is Cc1cc(-c2nc3cnc(C4CCNCC4)cc3n2C(C)c2ccccc2)nn(C)c1=O. The third-order valence-corrected chi connectivity index (χ3v) is 6.50. The highest BCUT2D eigenvalue weighted by Gasteiger charge is 2.23. The maximum atomic E-state index is 12.2. The Morgan fingerprint density at radius 1 is 1.12 bits per heavy atom. The van der Waals surface area contributed by atoms with Crippen molar-refractivity contribution in [2.24, 2.45) is 7.05 Å². The molecule has 5 rings (SSSR count). The van der Waals surface area contributed by atoms with Gasteiger partial charge in [-0.15, -0.1) is 0 Å². The Kier molecular flexibility index (Phi) is 5.35. The lowest BCUT2D eigenvalue weighted by atomic mass is 9.94. The number of hydrogen-bond donors (Lipinski definition) is 1. The molecule has 1 unspecified atom stereocenters. The molecule has 0 amide bonds. The standard InChI is InChI=1S/C25H28N6O/c1-16-13-21(29-30(3)25(16)32)24-28-22-15-27-20(19-9-11-26-12-10-19)14-23(22)31(24)17(2)18-7-5-4-6-8-18/h4-8,13-15,17,19,26H,9-12H2,1-3H3. The number of benzene rings is 1. The van der Waals surface area contributed by atoms with E-state index in [9.17, 15) is 4.79 Å². The monoisotopic (exact) mass is 428 g/mol. The molecular weight excluding hydrogens is 400 g/mol. The number of imidazole rings is 1. The Bertz CT molecular complexity index is 1290. The summed E-state index contributed by atoms with van der Waals surface area (Å²) in [5.74, 6) is 1.21. The van der Waals surface area contributed by atoms with Crippen LogP contribution in [-0.2, 0) is 7.05 Å². The molecule has 1 atom stereocenters. The van der Waals surface area contributed by atoms with Gasteiger partial charge in [-0.1, -0.05) is 30.3 Å². The van der Waals surface area contributed by atoms with Gasteiger partial charge in [0.15, 0.2) is 5.82 Å². The van der Waals surface area contributed by atoms with Crippen LogP contribution in [0.25, 0.3) is 22.6 Å². The number of rotatable bonds is 4. The number of nitrogens with one attached hydrogen (secondary N) is 1. The minimum absolute atomic E-state index is 0.0406. The summed E-state index contributed by atoms with van der Waals surface area (Å²) < 4.78 is 3.63. The second kappa shape index (κ2) is 8.31. The Balaban J connectivity index is 1.73. The van der Waals surface area contributed by atoms with Gasteiger partial charge in [-0.25, -0.2) is 9.67 Å². The second-order valence-electron chi connectivity index (χ2n) is 8.66. The minimum Gasteiger partial charge on any atom is -0.317 e. The summed E-state index contributed by atoms with van der Waals surface area (Å²) in [6.45, 7) is 6.05. The Labute approximate surface area is 187 Å². The fourth-order valence-electron chi connectivity index (χ4n) is 4.68. The first-order chi connectivity index (χ1) is 15.5. The van der Waals surface area contributed by atoms with Crippen LogP contribution < -0.4 is 10.9 Å². The van der Waals surface area contributed by atoms with E-state index in [0.717, 1.165) is 48.5 Å². The van der Waals surface area contributed by atoms with E-state index in [-0.39, 0.29) is 11.6 Å². The van der Waals surface area contributed by atoms with Crippen LogP contribution >= 0.6 is 0 Å². The first-order valence-electron chi connectivity index (χ1n) is 11.2. The van der Waals surface area contributed by atoms with Crippen molar-refractivity contribution >= 4 is 11.0 Å². The van der Waals surface area contributed by atoms with Crippen molar-refractivity contribution in [1.29, 1.82) is 0 Å². The predicted molar refractivity (Wildman–Crippen MR) is 126 cm³/mol. The van der Waals surface area contributed by atoms with Crippen molar-refractivity contribution in [3.63, 3.8) is 0 Å². The van der Waals surface area contributed by atoms with Crippen LogP contribution in [0.3, 0.4) is 0 Å². The number of pyridine rings is 1. The molecule has 1 aromatic carbocycles. The lowest BCUT2D eigenvalue weighted by molar-refractivity contribution is 0.453. The van der Waals surface area contributed by atoms with E-state index in [2.05, 4.69) is 52.2 Å². The third kappa shape index (κ3) is 3.62. The summed E-state index contributed by atoms with van der Waals surface area (Å²) >= 11 is 0. The molecule has 3 aromatic heterocycles. The van der Waals surface area contributed by atoms with Crippen LogP contribution in [0.2, 0.25) is 0 Å². The van der Waals surface area contributed by atoms with Crippen LogP contribution in [0.15, 0.2) is 53.5 Å². The maximum absolute atomic E-state index is 12.2. The van der Waals surface area contributed by atoms with Crippen molar-refractivity contribution in [1.82, 2.24) is 29.6 Å². The molecule has 1 aliphatic rings. The fourth-order valence-corrected chi connectivity index (χ4v) is 4.68. The molecule has 7 nitrogen and oxygen atoms in total. The molecular formula is C25H28N6O. The zero-order chi connectivity index (χ0) is 22.2. The first-order valence-corrected chi connectivity index (χ1v) is 11.2. The Morgan fingerprint density at radius 2 is 1.88 bits per heavy atom. The van der Waals surface area contributed by atoms with E-state index in [0.29, 0.717) is 17.2 Å². The molecule has 1 N–H and O–H groups in total. The van der Waals surface area contributed by atoms with E-state index < -0.39 is 0 Å². The molecule has 7 heteroatoms. The summed E-state index contributed by atoms with van der Waals surface area (Å²) in [4.78, 5) is 22.0. The van der Waals surface area contributed by atoms with Gasteiger partial charge in [0.05, 0.1) is 17.8 Å². The molecule has 0 saturated carbocycles. The topological polar surface area (TPSA) is 77.6 Å². The van der Waals surface area contributed by atoms with Gasteiger partial charge in [-0.05, 0) is 57.5 Å². The highest BCUT2D eigenvalue weighted by atomic mass is 16.1. The lowest BCUT2D eigenvalue weighted by Crippen LogP contribution is -2.27. The smallest absolute Gasteiger partial charge is 0.269 e. The van der Waals surface area contributed by atoms with Gasteiger partial charge in [-0.3, -0.25) is 9.78 Å². The van der Waals surface area contributed by atoms with Crippen molar-refractivity contribution in [3.8, 4) is 11.5 Å². The van der Waals surface area contributed by atoms with Gasteiger partial charge < -0.3 is 9.88 Å². The molecule has 0 spiro atoms. The van der Waals surface area contributed by atoms with Crippen LogP contribution in [-0.4, -0.2) is 37.4 Å². The summed E-state index contributed by atoms with van der Waals surface area (Å²) in [6.07, 6.45) is 4.07. The average Bonchev–Trinajstić information content (AvgIpc) is 3.21. The van der Waals surface area contributed by atoms with E-state index in [1.807, 2.05) is 25.3 Å². The molecule has 0 aliphatic carbocycles. The lowest BCUT2D eigenvalue weighted by Gasteiger charge is -2.23. The molecule has 32 heavy (non-hydrogen) atoms. The normalized spacial score (nSPS) is 15.8. The van der Waals surface area contributed by atoms with Crippen LogP contribution in [0, 0.1) is 6.92 Å². The van der Waals surface area contributed by atoms with Gasteiger partial charge >= 0.3 is 0 Å². The van der Waals surface area contributed by atoms with Crippen LogP contribution in [0.1, 0.15) is 48.5 Å². The highest BCUT2D eigenvalue weighted by molar-refractivity contribution is 5.80. The summed E-state index contributed by atoms with van der Waals surface area (Å²) in [7, 11) is 1.68. The van der Waals surface area contributed by atoms with Crippen molar-refractivity contribution in [2.45, 2.75) is 38.6 Å². The van der Waals surface area contributed by atoms with Gasteiger partial charge in [-0.2, -0.15) is 5.10 Å². The minimum atomic E-state index is -0.0950. The number of aromatic nitrogens is 5. The van der Waals surface area contributed by atoms with E-state index in [1.165, 1.54) is 10.2 Å². The molecule has 0 radical (unpaired) electrons. The Morgan fingerprint density at radius 3 is 2.59 bits per heavy atom. The van der Waals surface area contributed by atoms with Crippen molar-refractivity contribution in [3.05, 3.63) is 75.8 Å². The molecule has 0 bridgehead atoms. The fraction of sp³-hybridized carbons (Fsp3) is 0.360. The summed E-state index contributed by atoms with van der Waals surface area (Å²) in [5, 5.41) is 7.97. The van der Waals surface area contributed by atoms with Crippen LogP contribution in [0.4, 0.5) is 0 Å². The van der Waals surface area contributed by atoms with Crippen molar-refractivity contribution < 1.29 is 0 Å². The average molecular weight is 429 g/mol. The molecule has 1 aliphatic heterocycles. The zero-order valence-corrected chi connectivity index (χ0v) is 18.7. The van der Waals surface area contributed by atoms with Gasteiger partial charge in [0.2, 0.25) is 0 Å². The number of hydrogen-bond acceptors (Lipinski definition) is 5. The molecule has 4 aromatic rings. The zero-order valence-electron chi connectivity index (χ0n) is 18.7. The number of nitrogens with zero attached hydrogens (tertiary/aromatic N) is 5. The summed E-state index contributed by atoms with van der Waals surface area (Å²) in [6, 6.07) is 14.5. The highest BCUT2D eigenvalue weighted by Crippen LogP contribution is 2.33. The molecule has 4 heterocycles. The largest absolute Gasteiger partial charge is 0.317 e. The quantitative estimate of drug-likeness (QED) is 0.538. The van der Waals surface area contributed by atoms with E-state index >= 15 is 0 Å². The summed E-state index contributed by atoms with van der Waals surface area (Å²) in [5.41, 5.74) is 5.44. The number of piperidine rings is 1. The first kappa shape index (κ1) is 20.6. The van der Waals surface area contributed by atoms with E-state index in [1.54, 1.807) is 7.05 Å². The Hall–Kier alpha value is -3.32. The molecule has 164 valence electrons. The van der Waals surface area contributed by atoms with E-state index in [4.69, 9.17) is 9.97 Å². The number of fused-ring (bicyclic) bond motifs is 1. The third-order valence-electron chi connectivity index (χ3n) is 6.50.